The SMILES string of the molecule is CNC(=O)c1cc(Cl)ncc1NC(=O)C1(c2ccccc2C(C)C)CN(CC(O)CF)C1. The number of aromatic nitrogens is 1. The monoisotopic (exact) mass is 462 g/mol. The standard InChI is InChI=1S/C23H28ClFN4O3/c1-14(2)16-6-4-5-7-18(16)23(12-29(13-23)11-15(30)9-25)22(32)28-19-10-27-20(24)8-17(19)21(31)26-3/h4-8,10,14-15,30H,9,11-13H2,1-3H3,(H,26,31)(H,28,32). The van der Waals surface area contributed by atoms with Crippen molar-refractivity contribution in [1.29, 1.82) is 0 Å². The predicted octanol–water partition coefficient (Wildman–Crippen LogP) is 2.74. The summed E-state index contributed by atoms with van der Waals surface area (Å²) in [5, 5.41) is 15.3. The number of benzene rings is 1. The number of aliphatic hydroxyl groups is 1. The first-order chi connectivity index (χ1) is 15.2. The van der Waals surface area contributed by atoms with Crippen LogP contribution in [0.25, 0.3) is 0 Å². The highest BCUT2D eigenvalue weighted by Gasteiger charge is 2.52. The van der Waals surface area contributed by atoms with Crippen molar-refractivity contribution in [3.63, 3.8) is 0 Å². The van der Waals surface area contributed by atoms with Gasteiger partial charge < -0.3 is 15.7 Å². The van der Waals surface area contributed by atoms with Crippen LogP contribution in [0.2, 0.25) is 5.15 Å². The van der Waals surface area contributed by atoms with E-state index in [1.807, 2.05) is 29.2 Å². The number of nitrogens with zero attached hydrogens (tertiary/aromatic N) is 2. The lowest BCUT2D eigenvalue weighted by atomic mass is 9.69. The number of carbonyl (C=O) groups excluding carboxylic acids is 2. The molecule has 3 rings (SSSR count). The number of β-amino-alcohol motifs (C(OH)–C–C–N with tert-alkyl or cyclic N) is 1. The van der Waals surface area contributed by atoms with Crippen LogP contribution in [0.5, 0.6) is 0 Å². The van der Waals surface area contributed by atoms with E-state index in [0.29, 0.717) is 13.1 Å². The number of likely N-dealkylation sites (tertiary alicyclic amines) is 1. The van der Waals surface area contributed by atoms with Crippen molar-refractivity contribution >= 4 is 29.1 Å². The molecule has 1 atom stereocenters. The summed E-state index contributed by atoms with van der Waals surface area (Å²) < 4.78 is 12.8. The molecule has 2 amide bonds. The summed E-state index contributed by atoms with van der Waals surface area (Å²) in [6, 6.07) is 9.14. The Bertz CT molecular complexity index is 995. The highest BCUT2D eigenvalue weighted by molar-refractivity contribution is 6.30. The van der Waals surface area contributed by atoms with Gasteiger partial charge in [-0.15, -0.1) is 0 Å². The number of anilines is 1. The first-order valence-corrected chi connectivity index (χ1v) is 10.8. The van der Waals surface area contributed by atoms with E-state index in [1.54, 1.807) is 0 Å². The third-order valence-electron chi connectivity index (χ3n) is 5.76. The zero-order valence-electron chi connectivity index (χ0n) is 18.4. The second-order valence-electron chi connectivity index (χ2n) is 8.39. The van der Waals surface area contributed by atoms with Crippen molar-refractivity contribution in [1.82, 2.24) is 15.2 Å². The van der Waals surface area contributed by atoms with Crippen LogP contribution in [-0.2, 0) is 10.2 Å². The number of amides is 2. The van der Waals surface area contributed by atoms with Gasteiger partial charge in [0.25, 0.3) is 5.91 Å². The molecule has 1 unspecified atom stereocenters. The quantitative estimate of drug-likeness (QED) is 0.524. The Morgan fingerprint density at radius 3 is 2.62 bits per heavy atom. The number of hydrogen-bond donors (Lipinski definition) is 3. The smallest absolute Gasteiger partial charge is 0.253 e. The minimum atomic E-state index is -1.10. The van der Waals surface area contributed by atoms with Crippen LogP contribution in [-0.4, -0.2) is 66.3 Å². The zero-order chi connectivity index (χ0) is 23.5. The molecule has 3 N–H and O–H groups in total. The van der Waals surface area contributed by atoms with Crippen LogP contribution < -0.4 is 10.6 Å². The molecule has 9 heteroatoms. The lowest BCUT2D eigenvalue weighted by molar-refractivity contribution is -0.129. The Kier molecular flexibility index (Phi) is 7.48. The van der Waals surface area contributed by atoms with Gasteiger partial charge in [0.15, 0.2) is 0 Å². The second kappa shape index (κ2) is 9.94. The maximum Gasteiger partial charge on any atom is 0.253 e. The largest absolute Gasteiger partial charge is 0.389 e. The maximum atomic E-state index is 13.7. The molecule has 1 aromatic heterocycles. The molecular weight excluding hydrogens is 435 g/mol. The summed E-state index contributed by atoms with van der Waals surface area (Å²) >= 11 is 5.95. The van der Waals surface area contributed by atoms with Crippen molar-refractivity contribution in [2.24, 2.45) is 0 Å². The molecule has 0 saturated carbocycles. The van der Waals surface area contributed by atoms with Gasteiger partial charge in [0.05, 0.1) is 29.0 Å². The molecule has 0 aliphatic carbocycles. The number of alkyl halides is 1. The molecule has 2 heterocycles. The first-order valence-electron chi connectivity index (χ1n) is 10.5. The number of rotatable bonds is 8. The topological polar surface area (TPSA) is 94.6 Å². The summed E-state index contributed by atoms with van der Waals surface area (Å²) in [6.45, 7) is 4.04. The average molecular weight is 463 g/mol. The van der Waals surface area contributed by atoms with E-state index in [0.717, 1.165) is 11.1 Å². The Labute approximate surface area is 192 Å². The Hall–Kier alpha value is -2.55. The van der Waals surface area contributed by atoms with Gasteiger partial charge in [0, 0.05) is 26.7 Å². The van der Waals surface area contributed by atoms with Gasteiger partial charge >= 0.3 is 0 Å². The number of halogens is 2. The van der Waals surface area contributed by atoms with E-state index >= 15 is 0 Å². The molecule has 32 heavy (non-hydrogen) atoms. The zero-order valence-corrected chi connectivity index (χ0v) is 19.1. The van der Waals surface area contributed by atoms with Gasteiger partial charge in [0.1, 0.15) is 11.8 Å². The third kappa shape index (κ3) is 4.77. The van der Waals surface area contributed by atoms with Crippen molar-refractivity contribution in [3.05, 3.63) is 58.4 Å². The number of aliphatic hydroxyl groups excluding tert-OH is 1. The highest BCUT2D eigenvalue weighted by atomic mass is 35.5. The lowest BCUT2D eigenvalue weighted by Crippen LogP contribution is -2.66. The molecule has 1 saturated heterocycles. The van der Waals surface area contributed by atoms with E-state index in [-0.39, 0.29) is 34.8 Å². The number of carbonyl (C=O) groups is 2. The Morgan fingerprint density at radius 1 is 1.31 bits per heavy atom. The normalized spacial score (nSPS) is 16.3. The Morgan fingerprint density at radius 2 is 2.00 bits per heavy atom. The lowest BCUT2D eigenvalue weighted by Gasteiger charge is -2.50. The molecule has 1 aliphatic rings. The minimum absolute atomic E-state index is 0.136. The summed E-state index contributed by atoms with van der Waals surface area (Å²) in [7, 11) is 1.49. The highest BCUT2D eigenvalue weighted by Crippen LogP contribution is 2.40. The number of hydrogen-bond acceptors (Lipinski definition) is 5. The van der Waals surface area contributed by atoms with Crippen LogP contribution in [0.4, 0.5) is 10.1 Å². The molecule has 1 aromatic carbocycles. The molecule has 1 aliphatic heterocycles. The van der Waals surface area contributed by atoms with Gasteiger partial charge in [-0.1, -0.05) is 49.7 Å². The molecule has 2 aromatic rings. The summed E-state index contributed by atoms with van der Waals surface area (Å²) in [5.41, 5.74) is 1.45. The van der Waals surface area contributed by atoms with E-state index in [4.69, 9.17) is 11.6 Å². The number of pyridine rings is 1. The minimum Gasteiger partial charge on any atom is -0.389 e. The summed E-state index contributed by atoms with van der Waals surface area (Å²) in [4.78, 5) is 31.8. The predicted molar refractivity (Wildman–Crippen MR) is 122 cm³/mol. The fourth-order valence-electron chi connectivity index (χ4n) is 4.16. The van der Waals surface area contributed by atoms with E-state index < -0.39 is 24.1 Å². The molecule has 0 bridgehead atoms. The second-order valence-corrected chi connectivity index (χ2v) is 8.77. The van der Waals surface area contributed by atoms with Gasteiger partial charge in [0.2, 0.25) is 5.91 Å². The van der Waals surface area contributed by atoms with Gasteiger partial charge in [-0.05, 0) is 23.1 Å². The van der Waals surface area contributed by atoms with Crippen molar-refractivity contribution in [2.45, 2.75) is 31.3 Å². The molecule has 1 fully saturated rings. The van der Waals surface area contributed by atoms with Gasteiger partial charge in [-0.3, -0.25) is 14.5 Å². The van der Waals surface area contributed by atoms with Gasteiger partial charge in [-0.2, -0.15) is 0 Å². The van der Waals surface area contributed by atoms with Crippen LogP contribution in [0.3, 0.4) is 0 Å². The third-order valence-corrected chi connectivity index (χ3v) is 5.96. The fourth-order valence-corrected chi connectivity index (χ4v) is 4.32. The molecule has 7 nitrogen and oxygen atoms in total. The fraction of sp³-hybridized carbons (Fsp3) is 0.435. The average Bonchev–Trinajstić information content (AvgIpc) is 2.76. The van der Waals surface area contributed by atoms with Gasteiger partial charge in [-0.25, -0.2) is 9.37 Å². The van der Waals surface area contributed by atoms with Crippen LogP contribution >= 0.6 is 11.6 Å². The van der Waals surface area contributed by atoms with Crippen molar-refractivity contribution in [2.75, 3.05) is 38.7 Å². The van der Waals surface area contributed by atoms with Crippen molar-refractivity contribution in [3.8, 4) is 0 Å². The maximum absolute atomic E-state index is 13.7. The van der Waals surface area contributed by atoms with Crippen LogP contribution in [0, 0.1) is 0 Å². The van der Waals surface area contributed by atoms with E-state index in [1.165, 1.54) is 19.3 Å². The summed E-state index contributed by atoms with van der Waals surface area (Å²) in [5.74, 6) is -0.520. The first kappa shape index (κ1) is 24.1. The van der Waals surface area contributed by atoms with E-state index in [2.05, 4.69) is 29.5 Å². The van der Waals surface area contributed by atoms with Crippen LogP contribution in [0.15, 0.2) is 36.5 Å². The molecular formula is C23H28ClFN4O3. The molecule has 172 valence electrons. The molecule has 0 spiro atoms. The van der Waals surface area contributed by atoms with Crippen LogP contribution in [0.1, 0.15) is 41.3 Å². The Balaban J connectivity index is 1.98. The summed E-state index contributed by atoms with van der Waals surface area (Å²) in [6.07, 6.45) is 0.257. The number of nitrogens with one attached hydrogen (secondary N) is 2. The van der Waals surface area contributed by atoms with E-state index in [9.17, 15) is 19.1 Å². The molecule has 0 radical (unpaired) electrons. The van der Waals surface area contributed by atoms with Crippen molar-refractivity contribution < 1.29 is 19.1 Å².